The third-order valence-corrected chi connectivity index (χ3v) is 4.87. The number of carbonyl (C=O) groups is 1. The zero-order valence-electron chi connectivity index (χ0n) is 14.6. The maximum atomic E-state index is 12.6. The Morgan fingerprint density at radius 1 is 1.32 bits per heavy atom. The van der Waals surface area contributed by atoms with Gasteiger partial charge in [0.15, 0.2) is 0 Å². The van der Waals surface area contributed by atoms with Crippen LogP contribution in [-0.2, 0) is 4.79 Å². The van der Waals surface area contributed by atoms with Crippen molar-refractivity contribution in [3.05, 3.63) is 46.4 Å². The maximum Gasteiger partial charge on any atom is 0.251 e. The Bertz CT molecular complexity index is 824. The standard InChI is InChI=1S/C19H24N4O2/c1-12-11-16(24)23-17(21-12)13-6-8-14(9-7-13)22-18(25)15-5-3-4-10-19(15,2)20/h6-9,11,15H,3-5,10,20H2,1-2H3,(H,22,25)(H,21,23,24). The van der Waals surface area contributed by atoms with E-state index in [1.54, 1.807) is 6.92 Å². The Morgan fingerprint density at radius 3 is 2.68 bits per heavy atom. The quantitative estimate of drug-likeness (QED) is 0.799. The van der Waals surface area contributed by atoms with Crippen LogP contribution in [0.25, 0.3) is 11.4 Å². The highest BCUT2D eigenvalue weighted by atomic mass is 16.2. The molecule has 1 amide bonds. The highest BCUT2D eigenvalue weighted by molar-refractivity contribution is 5.93. The number of anilines is 1. The predicted molar refractivity (Wildman–Crippen MR) is 98.2 cm³/mol. The molecule has 0 radical (unpaired) electrons. The van der Waals surface area contributed by atoms with E-state index in [0.717, 1.165) is 31.2 Å². The number of amides is 1. The summed E-state index contributed by atoms with van der Waals surface area (Å²) in [6, 6.07) is 8.73. The zero-order chi connectivity index (χ0) is 18.0. The zero-order valence-corrected chi connectivity index (χ0v) is 14.6. The number of nitrogens with one attached hydrogen (secondary N) is 2. The second-order valence-electron chi connectivity index (χ2n) is 7.11. The minimum Gasteiger partial charge on any atom is -0.326 e. The molecule has 0 saturated heterocycles. The van der Waals surface area contributed by atoms with Crippen molar-refractivity contribution >= 4 is 11.6 Å². The molecule has 2 aromatic rings. The summed E-state index contributed by atoms with van der Waals surface area (Å²) < 4.78 is 0. The first-order valence-corrected chi connectivity index (χ1v) is 8.63. The molecular formula is C19H24N4O2. The molecule has 1 aromatic heterocycles. The molecule has 0 aliphatic heterocycles. The number of nitrogens with two attached hydrogens (primary N) is 1. The van der Waals surface area contributed by atoms with Crippen LogP contribution >= 0.6 is 0 Å². The monoisotopic (exact) mass is 340 g/mol. The number of aryl methyl sites for hydroxylation is 1. The van der Waals surface area contributed by atoms with Crippen LogP contribution in [0.2, 0.25) is 0 Å². The normalized spacial score (nSPS) is 23.2. The molecule has 1 fully saturated rings. The summed E-state index contributed by atoms with van der Waals surface area (Å²) in [5.41, 5.74) is 7.84. The number of benzene rings is 1. The lowest BCUT2D eigenvalue weighted by Crippen LogP contribution is -2.51. The molecule has 1 aromatic carbocycles. The summed E-state index contributed by atoms with van der Waals surface area (Å²) in [6.07, 6.45) is 3.81. The lowest BCUT2D eigenvalue weighted by atomic mass is 9.74. The number of nitrogens with zero attached hydrogens (tertiary/aromatic N) is 1. The molecule has 2 unspecified atom stereocenters. The van der Waals surface area contributed by atoms with E-state index in [4.69, 9.17) is 5.73 Å². The summed E-state index contributed by atoms with van der Waals surface area (Å²) in [5.74, 6) is 0.319. The fourth-order valence-electron chi connectivity index (χ4n) is 3.45. The highest BCUT2D eigenvalue weighted by Crippen LogP contribution is 2.32. The molecule has 0 spiro atoms. The third-order valence-electron chi connectivity index (χ3n) is 4.87. The number of H-pyrrole nitrogens is 1. The molecule has 132 valence electrons. The van der Waals surface area contributed by atoms with E-state index in [-0.39, 0.29) is 17.4 Å². The number of hydrogen-bond acceptors (Lipinski definition) is 4. The van der Waals surface area contributed by atoms with Gasteiger partial charge in [-0.1, -0.05) is 12.8 Å². The van der Waals surface area contributed by atoms with Gasteiger partial charge in [-0.15, -0.1) is 0 Å². The van der Waals surface area contributed by atoms with E-state index in [1.807, 2.05) is 31.2 Å². The number of rotatable bonds is 3. The average molecular weight is 340 g/mol. The summed E-state index contributed by atoms with van der Waals surface area (Å²) in [7, 11) is 0. The van der Waals surface area contributed by atoms with Gasteiger partial charge in [0.2, 0.25) is 5.91 Å². The molecule has 1 aliphatic rings. The van der Waals surface area contributed by atoms with Gasteiger partial charge in [-0.25, -0.2) is 4.98 Å². The van der Waals surface area contributed by atoms with E-state index in [2.05, 4.69) is 15.3 Å². The Labute approximate surface area is 146 Å². The van der Waals surface area contributed by atoms with Crippen molar-refractivity contribution in [2.75, 3.05) is 5.32 Å². The van der Waals surface area contributed by atoms with E-state index >= 15 is 0 Å². The van der Waals surface area contributed by atoms with Gasteiger partial charge in [-0.3, -0.25) is 9.59 Å². The SMILES string of the molecule is Cc1cc(=O)[nH]c(-c2ccc(NC(=O)C3CCCCC3(C)N)cc2)n1. The Kier molecular flexibility index (Phi) is 4.72. The Balaban J connectivity index is 1.74. The Hall–Kier alpha value is -2.47. The van der Waals surface area contributed by atoms with E-state index in [9.17, 15) is 9.59 Å². The van der Waals surface area contributed by atoms with Crippen molar-refractivity contribution in [2.24, 2.45) is 11.7 Å². The van der Waals surface area contributed by atoms with Gasteiger partial charge in [-0.2, -0.15) is 0 Å². The van der Waals surface area contributed by atoms with E-state index < -0.39 is 5.54 Å². The van der Waals surface area contributed by atoms with Gasteiger partial charge in [0.05, 0.1) is 5.92 Å². The number of hydrogen-bond donors (Lipinski definition) is 3. The summed E-state index contributed by atoms with van der Waals surface area (Å²) in [4.78, 5) is 31.2. The third kappa shape index (κ3) is 3.96. The van der Waals surface area contributed by atoms with E-state index in [0.29, 0.717) is 17.2 Å². The van der Waals surface area contributed by atoms with Crippen LogP contribution in [0, 0.1) is 12.8 Å². The molecule has 6 heteroatoms. The minimum atomic E-state index is -0.451. The van der Waals surface area contributed by atoms with Gasteiger partial charge in [0.1, 0.15) is 5.82 Å². The lowest BCUT2D eigenvalue weighted by Gasteiger charge is -2.37. The Morgan fingerprint density at radius 2 is 2.04 bits per heavy atom. The molecule has 1 saturated carbocycles. The van der Waals surface area contributed by atoms with Crippen LogP contribution < -0.4 is 16.6 Å². The first-order valence-electron chi connectivity index (χ1n) is 8.63. The number of aromatic amines is 1. The van der Waals surface area contributed by atoms with Gasteiger partial charge in [-0.05, 0) is 51.0 Å². The molecule has 6 nitrogen and oxygen atoms in total. The van der Waals surface area contributed by atoms with Crippen molar-refractivity contribution in [1.82, 2.24) is 9.97 Å². The van der Waals surface area contributed by atoms with Gasteiger partial charge in [0.25, 0.3) is 5.56 Å². The predicted octanol–water partition coefficient (Wildman–Crippen LogP) is 2.59. The van der Waals surface area contributed by atoms with Crippen LogP contribution in [0.5, 0.6) is 0 Å². The molecule has 1 heterocycles. The van der Waals surface area contributed by atoms with Crippen molar-refractivity contribution in [3.8, 4) is 11.4 Å². The second kappa shape index (κ2) is 6.80. The van der Waals surface area contributed by atoms with Crippen LogP contribution in [0.15, 0.2) is 35.1 Å². The van der Waals surface area contributed by atoms with Crippen LogP contribution in [0.3, 0.4) is 0 Å². The van der Waals surface area contributed by atoms with Crippen molar-refractivity contribution < 1.29 is 4.79 Å². The summed E-state index contributed by atoms with van der Waals surface area (Å²) in [5, 5.41) is 2.96. The molecule has 3 rings (SSSR count). The summed E-state index contributed by atoms with van der Waals surface area (Å²) in [6.45, 7) is 3.74. The van der Waals surface area contributed by atoms with Crippen molar-refractivity contribution in [3.63, 3.8) is 0 Å². The van der Waals surface area contributed by atoms with Crippen LogP contribution in [0.4, 0.5) is 5.69 Å². The van der Waals surface area contributed by atoms with Gasteiger partial charge in [0, 0.05) is 28.6 Å². The highest BCUT2D eigenvalue weighted by Gasteiger charge is 2.37. The minimum absolute atomic E-state index is 0.0282. The first-order chi connectivity index (χ1) is 11.8. The first kappa shape index (κ1) is 17.4. The topological polar surface area (TPSA) is 101 Å². The van der Waals surface area contributed by atoms with Crippen molar-refractivity contribution in [1.29, 1.82) is 0 Å². The lowest BCUT2D eigenvalue weighted by molar-refractivity contribution is -0.122. The van der Waals surface area contributed by atoms with E-state index in [1.165, 1.54) is 6.07 Å². The van der Waals surface area contributed by atoms with Crippen LogP contribution in [0.1, 0.15) is 38.3 Å². The largest absolute Gasteiger partial charge is 0.326 e. The van der Waals surface area contributed by atoms with Gasteiger partial charge < -0.3 is 16.0 Å². The smallest absolute Gasteiger partial charge is 0.251 e. The van der Waals surface area contributed by atoms with Crippen molar-refractivity contribution in [2.45, 2.75) is 45.1 Å². The average Bonchev–Trinajstić information content (AvgIpc) is 2.54. The second-order valence-corrected chi connectivity index (χ2v) is 7.11. The fraction of sp³-hybridized carbons (Fsp3) is 0.421. The molecular weight excluding hydrogens is 316 g/mol. The maximum absolute atomic E-state index is 12.6. The molecule has 0 bridgehead atoms. The number of carbonyl (C=O) groups excluding carboxylic acids is 1. The molecule has 2 atom stereocenters. The molecule has 25 heavy (non-hydrogen) atoms. The molecule has 1 aliphatic carbocycles. The fourth-order valence-corrected chi connectivity index (χ4v) is 3.45. The number of aromatic nitrogens is 2. The van der Waals surface area contributed by atoms with Crippen LogP contribution in [-0.4, -0.2) is 21.4 Å². The summed E-state index contributed by atoms with van der Waals surface area (Å²) >= 11 is 0. The molecule has 4 N–H and O–H groups in total. The van der Waals surface area contributed by atoms with Gasteiger partial charge >= 0.3 is 0 Å².